The Hall–Kier alpha value is -2.80. The lowest BCUT2D eigenvalue weighted by Crippen LogP contribution is -2.38. The number of rotatable bonds is 4. The van der Waals surface area contributed by atoms with Crippen molar-refractivity contribution in [3.05, 3.63) is 60.0 Å². The van der Waals surface area contributed by atoms with Crippen molar-refractivity contribution in [1.82, 2.24) is 30.0 Å². The summed E-state index contributed by atoms with van der Waals surface area (Å²) in [6, 6.07) is 4.00. The summed E-state index contributed by atoms with van der Waals surface area (Å²) in [7, 11) is 0. The molecule has 3 heterocycles. The van der Waals surface area contributed by atoms with Crippen LogP contribution in [-0.4, -0.2) is 36.7 Å². The Balaban J connectivity index is 1.34. The van der Waals surface area contributed by atoms with Crippen molar-refractivity contribution in [2.24, 2.45) is 0 Å². The van der Waals surface area contributed by atoms with Crippen molar-refractivity contribution < 1.29 is 4.79 Å². The molecule has 3 aromatic rings. The third kappa shape index (κ3) is 4.14. The zero-order chi connectivity index (χ0) is 18.6. The van der Waals surface area contributed by atoms with E-state index in [1.54, 1.807) is 12.3 Å². The molecular formula is C19H19ClN6O. The van der Waals surface area contributed by atoms with Crippen molar-refractivity contribution >= 4 is 17.5 Å². The standard InChI is InChI=1S/C19H19ClN6O/c20-15-7-13(8-22-10-15)19(27)25-16-1-3-17(4-2-16)26-11-14(9-24-26)18-5-6-21-12-23-18/h5-12,16-17H,1-4H2,(H,25,27). The highest BCUT2D eigenvalue weighted by Crippen LogP contribution is 2.29. The number of nitrogens with one attached hydrogen (secondary N) is 1. The lowest BCUT2D eigenvalue weighted by Gasteiger charge is -2.29. The second kappa shape index (κ2) is 7.84. The Bertz CT molecular complexity index is 921. The maximum Gasteiger partial charge on any atom is 0.253 e. The van der Waals surface area contributed by atoms with Gasteiger partial charge in [0.15, 0.2) is 0 Å². The molecule has 1 fully saturated rings. The van der Waals surface area contributed by atoms with Crippen LogP contribution >= 0.6 is 11.6 Å². The van der Waals surface area contributed by atoms with Crippen LogP contribution in [0.25, 0.3) is 11.3 Å². The fraction of sp³-hybridized carbons (Fsp3) is 0.316. The van der Waals surface area contributed by atoms with E-state index in [1.165, 1.54) is 18.7 Å². The number of aromatic nitrogens is 5. The molecule has 1 saturated carbocycles. The summed E-state index contributed by atoms with van der Waals surface area (Å²) in [4.78, 5) is 24.5. The van der Waals surface area contributed by atoms with Gasteiger partial charge in [-0.25, -0.2) is 9.97 Å². The Kier molecular flexibility index (Phi) is 5.11. The highest BCUT2D eigenvalue weighted by molar-refractivity contribution is 6.30. The van der Waals surface area contributed by atoms with Gasteiger partial charge >= 0.3 is 0 Å². The summed E-state index contributed by atoms with van der Waals surface area (Å²) in [5.74, 6) is -0.126. The monoisotopic (exact) mass is 382 g/mol. The fourth-order valence-electron chi connectivity index (χ4n) is 3.42. The summed E-state index contributed by atoms with van der Waals surface area (Å²) in [5, 5.41) is 8.05. The first-order valence-electron chi connectivity index (χ1n) is 8.91. The summed E-state index contributed by atoms with van der Waals surface area (Å²) in [6.45, 7) is 0. The predicted octanol–water partition coefficient (Wildman–Crippen LogP) is 3.30. The number of carbonyl (C=O) groups is 1. The van der Waals surface area contributed by atoms with Gasteiger partial charge in [-0.15, -0.1) is 0 Å². The molecule has 1 aliphatic rings. The molecule has 0 saturated heterocycles. The van der Waals surface area contributed by atoms with Crippen LogP contribution in [-0.2, 0) is 0 Å². The third-order valence-corrected chi connectivity index (χ3v) is 5.06. The first kappa shape index (κ1) is 17.6. The molecule has 27 heavy (non-hydrogen) atoms. The Morgan fingerprint density at radius 2 is 2.00 bits per heavy atom. The van der Waals surface area contributed by atoms with E-state index in [1.807, 2.05) is 23.1 Å². The molecule has 1 N–H and O–H groups in total. The average Bonchev–Trinajstić information content (AvgIpc) is 3.19. The minimum absolute atomic E-state index is 0.126. The molecule has 0 bridgehead atoms. The SMILES string of the molecule is O=C(NC1CCC(n2cc(-c3ccncn3)cn2)CC1)c1cncc(Cl)c1. The molecule has 3 aromatic heterocycles. The lowest BCUT2D eigenvalue weighted by molar-refractivity contribution is 0.0921. The molecule has 0 atom stereocenters. The number of nitrogens with zero attached hydrogens (tertiary/aromatic N) is 5. The first-order chi connectivity index (χ1) is 13.2. The van der Waals surface area contributed by atoms with E-state index in [0.717, 1.165) is 36.9 Å². The van der Waals surface area contributed by atoms with Gasteiger partial charge in [-0.1, -0.05) is 11.6 Å². The van der Waals surface area contributed by atoms with Gasteiger partial charge in [0.1, 0.15) is 6.33 Å². The van der Waals surface area contributed by atoms with Gasteiger partial charge in [0, 0.05) is 36.4 Å². The topological polar surface area (TPSA) is 85.6 Å². The molecule has 7 nitrogen and oxygen atoms in total. The maximum atomic E-state index is 12.3. The highest BCUT2D eigenvalue weighted by Gasteiger charge is 2.24. The molecule has 0 unspecified atom stereocenters. The number of carbonyl (C=O) groups excluding carboxylic acids is 1. The van der Waals surface area contributed by atoms with Gasteiger partial charge < -0.3 is 5.32 Å². The van der Waals surface area contributed by atoms with Crippen LogP contribution in [0.3, 0.4) is 0 Å². The molecule has 0 aromatic carbocycles. The van der Waals surface area contributed by atoms with E-state index in [0.29, 0.717) is 16.6 Å². The number of halogens is 1. The second-order valence-electron chi connectivity index (χ2n) is 6.67. The molecular weight excluding hydrogens is 364 g/mol. The van der Waals surface area contributed by atoms with Crippen LogP contribution in [0.5, 0.6) is 0 Å². The van der Waals surface area contributed by atoms with Crippen LogP contribution in [0.4, 0.5) is 0 Å². The molecule has 4 rings (SSSR count). The normalized spacial score (nSPS) is 19.6. The molecule has 0 aliphatic heterocycles. The van der Waals surface area contributed by atoms with Crippen LogP contribution in [0.15, 0.2) is 49.4 Å². The first-order valence-corrected chi connectivity index (χ1v) is 9.29. The van der Waals surface area contributed by atoms with Gasteiger partial charge in [0.05, 0.1) is 28.5 Å². The minimum Gasteiger partial charge on any atom is -0.349 e. The van der Waals surface area contributed by atoms with E-state index in [4.69, 9.17) is 11.6 Å². The van der Waals surface area contributed by atoms with Crippen molar-refractivity contribution in [1.29, 1.82) is 0 Å². The molecule has 0 spiro atoms. The van der Waals surface area contributed by atoms with Crippen LogP contribution in [0.2, 0.25) is 5.02 Å². The number of amides is 1. The van der Waals surface area contributed by atoms with Crippen molar-refractivity contribution in [3.63, 3.8) is 0 Å². The van der Waals surface area contributed by atoms with E-state index < -0.39 is 0 Å². The van der Waals surface area contributed by atoms with E-state index >= 15 is 0 Å². The number of pyridine rings is 1. The fourth-order valence-corrected chi connectivity index (χ4v) is 3.59. The van der Waals surface area contributed by atoms with Crippen molar-refractivity contribution in [3.8, 4) is 11.3 Å². The maximum absolute atomic E-state index is 12.3. The summed E-state index contributed by atoms with van der Waals surface area (Å²) >= 11 is 5.90. The van der Waals surface area contributed by atoms with Crippen LogP contribution in [0.1, 0.15) is 42.1 Å². The summed E-state index contributed by atoms with van der Waals surface area (Å²) in [5.41, 5.74) is 2.35. The van der Waals surface area contributed by atoms with Crippen LogP contribution in [0, 0.1) is 0 Å². The Labute approximate surface area is 161 Å². The molecule has 8 heteroatoms. The van der Waals surface area contributed by atoms with E-state index in [-0.39, 0.29) is 11.9 Å². The summed E-state index contributed by atoms with van der Waals surface area (Å²) in [6.07, 6.45) is 13.9. The molecule has 0 radical (unpaired) electrons. The second-order valence-corrected chi connectivity index (χ2v) is 7.11. The van der Waals surface area contributed by atoms with Crippen LogP contribution < -0.4 is 5.32 Å². The highest BCUT2D eigenvalue weighted by atomic mass is 35.5. The zero-order valence-corrected chi connectivity index (χ0v) is 15.4. The minimum atomic E-state index is -0.126. The van der Waals surface area contributed by atoms with E-state index in [9.17, 15) is 4.79 Å². The van der Waals surface area contributed by atoms with Crippen molar-refractivity contribution in [2.45, 2.75) is 37.8 Å². The third-order valence-electron chi connectivity index (χ3n) is 4.85. The zero-order valence-electron chi connectivity index (χ0n) is 14.6. The molecule has 1 amide bonds. The van der Waals surface area contributed by atoms with Gasteiger partial charge in [-0.3, -0.25) is 14.5 Å². The molecule has 138 valence electrons. The Morgan fingerprint density at radius 3 is 2.74 bits per heavy atom. The number of hydrogen-bond acceptors (Lipinski definition) is 5. The van der Waals surface area contributed by atoms with E-state index in [2.05, 4.69) is 25.4 Å². The average molecular weight is 383 g/mol. The van der Waals surface area contributed by atoms with Gasteiger partial charge in [0.25, 0.3) is 5.91 Å². The van der Waals surface area contributed by atoms with Gasteiger partial charge in [0.2, 0.25) is 0 Å². The van der Waals surface area contributed by atoms with Gasteiger partial charge in [-0.2, -0.15) is 5.10 Å². The summed E-state index contributed by atoms with van der Waals surface area (Å²) < 4.78 is 2.01. The van der Waals surface area contributed by atoms with Crippen molar-refractivity contribution in [2.75, 3.05) is 0 Å². The Morgan fingerprint density at radius 1 is 1.15 bits per heavy atom. The quantitative estimate of drug-likeness (QED) is 0.748. The predicted molar refractivity (Wildman–Crippen MR) is 101 cm³/mol. The molecule has 1 aliphatic carbocycles. The van der Waals surface area contributed by atoms with Gasteiger partial charge in [-0.05, 0) is 37.8 Å². The smallest absolute Gasteiger partial charge is 0.253 e. The lowest BCUT2D eigenvalue weighted by atomic mass is 9.91. The number of hydrogen-bond donors (Lipinski definition) is 1. The largest absolute Gasteiger partial charge is 0.349 e.